The summed E-state index contributed by atoms with van der Waals surface area (Å²) in [6, 6.07) is 0. The van der Waals surface area contributed by atoms with Gasteiger partial charge in [-0.1, -0.05) is 39.0 Å². The third-order valence-corrected chi connectivity index (χ3v) is 6.05. The van der Waals surface area contributed by atoms with E-state index in [1.165, 1.54) is 70.8 Å². The van der Waals surface area contributed by atoms with Crippen LogP contribution in [0.3, 0.4) is 0 Å². The van der Waals surface area contributed by atoms with Gasteiger partial charge >= 0.3 is 0 Å². The van der Waals surface area contributed by atoms with Gasteiger partial charge in [-0.05, 0) is 51.0 Å². The van der Waals surface area contributed by atoms with E-state index in [0.29, 0.717) is 5.54 Å². The van der Waals surface area contributed by atoms with Crippen molar-refractivity contribution in [2.45, 2.75) is 76.7 Å². The predicted molar refractivity (Wildman–Crippen MR) is 83.2 cm³/mol. The molecule has 0 aromatic rings. The van der Waals surface area contributed by atoms with Gasteiger partial charge in [0.05, 0.1) is 0 Å². The van der Waals surface area contributed by atoms with E-state index in [9.17, 15) is 0 Å². The Morgan fingerprint density at radius 1 is 1.00 bits per heavy atom. The van der Waals surface area contributed by atoms with Gasteiger partial charge in [-0.15, -0.1) is 0 Å². The number of hydrogen-bond donors (Lipinski definition) is 1. The second-order valence-electron chi connectivity index (χ2n) is 7.16. The molecule has 2 N–H and O–H groups in total. The minimum atomic E-state index is 0.312. The van der Waals surface area contributed by atoms with Gasteiger partial charge in [-0.25, -0.2) is 0 Å². The number of likely N-dealkylation sites (N-methyl/N-ethyl adjacent to an activating group) is 1. The van der Waals surface area contributed by atoms with Gasteiger partial charge in [0.1, 0.15) is 0 Å². The van der Waals surface area contributed by atoms with Crippen LogP contribution in [0.4, 0.5) is 0 Å². The summed E-state index contributed by atoms with van der Waals surface area (Å²) in [5.74, 6) is 1.90. The molecule has 0 spiro atoms. The molecule has 2 rings (SSSR count). The van der Waals surface area contributed by atoms with Crippen molar-refractivity contribution >= 4 is 0 Å². The lowest BCUT2D eigenvalue weighted by atomic mass is 9.87. The normalized spacial score (nSPS) is 33.8. The predicted octanol–water partition coefficient (Wildman–Crippen LogP) is 3.80. The molecule has 2 atom stereocenters. The average Bonchev–Trinajstić information content (AvgIpc) is 2.83. The van der Waals surface area contributed by atoms with Crippen LogP contribution in [0, 0.1) is 11.8 Å². The summed E-state index contributed by atoms with van der Waals surface area (Å²) in [5, 5.41) is 0. The summed E-state index contributed by atoms with van der Waals surface area (Å²) in [4.78, 5) is 2.65. The molecule has 2 saturated carbocycles. The fourth-order valence-corrected chi connectivity index (χ4v) is 4.39. The van der Waals surface area contributed by atoms with Gasteiger partial charge in [0.25, 0.3) is 0 Å². The fraction of sp³-hybridized carbons (Fsp3) is 1.00. The molecule has 2 heteroatoms. The second-order valence-corrected chi connectivity index (χ2v) is 7.16. The molecule has 19 heavy (non-hydrogen) atoms. The van der Waals surface area contributed by atoms with Crippen LogP contribution < -0.4 is 5.73 Å². The Balaban J connectivity index is 1.95. The lowest BCUT2D eigenvalue weighted by Gasteiger charge is -2.42. The van der Waals surface area contributed by atoms with E-state index in [1.807, 2.05) is 0 Å². The van der Waals surface area contributed by atoms with E-state index in [2.05, 4.69) is 18.9 Å². The van der Waals surface area contributed by atoms with Crippen molar-refractivity contribution in [1.82, 2.24) is 4.90 Å². The maximum Gasteiger partial charge on any atom is 0.0328 e. The summed E-state index contributed by atoms with van der Waals surface area (Å²) in [6.45, 7) is 4.49. The summed E-state index contributed by atoms with van der Waals surface area (Å²) in [7, 11) is 2.34. The third kappa shape index (κ3) is 3.72. The van der Waals surface area contributed by atoms with Gasteiger partial charge in [-0.3, -0.25) is 4.90 Å². The molecule has 2 unspecified atom stereocenters. The molecule has 112 valence electrons. The lowest BCUT2D eigenvalue weighted by Crippen LogP contribution is -2.53. The van der Waals surface area contributed by atoms with Gasteiger partial charge < -0.3 is 5.73 Å². The Kier molecular flexibility index (Phi) is 5.70. The fourth-order valence-electron chi connectivity index (χ4n) is 4.39. The number of rotatable bonds is 5. The Labute approximate surface area is 120 Å². The van der Waals surface area contributed by atoms with E-state index in [1.54, 1.807) is 0 Å². The van der Waals surface area contributed by atoms with E-state index >= 15 is 0 Å². The first-order valence-corrected chi connectivity index (χ1v) is 8.61. The van der Waals surface area contributed by atoms with E-state index in [0.717, 1.165) is 18.4 Å². The monoisotopic (exact) mass is 266 g/mol. The van der Waals surface area contributed by atoms with Crippen LogP contribution in [0.1, 0.15) is 71.1 Å². The summed E-state index contributed by atoms with van der Waals surface area (Å²) < 4.78 is 0. The van der Waals surface area contributed by atoms with Gasteiger partial charge in [-0.2, -0.15) is 0 Å². The van der Waals surface area contributed by atoms with Crippen LogP contribution in [0.25, 0.3) is 0 Å². The number of nitrogens with zero attached hydrogens (tertiary/aromatic N) is 1. The Morgan fingerprint density at radius 3 is 2.32 bits per heavy atom. The summed E-state index contributed by atoms with van der Waals surface area (Å²) >= 11 is 0. The molecule has 0 bridgehead atoms. The molecular weight excluding hydrogens is 232 g/mol. The third-order valence-electron chi connectivity index (χ3n) is 6.05. The Bertz CT molecular complexity index is 260. The zero-order valence-corrected chi connectivity index (χ0v) is 13.2. The van der Waals surface area contributed by atoms with Crippen LogP contribution in [0.5, 0.6) is 0 Å². The highest BCUT2D eigenvalue weighted by Gasteiger charge is 2.36. The standard InChI is InChI=1S/C17H34N2/c1-3-15-9-6-11-17(14-18,12-10-15)19(2)13-16-7-4-5-8-16/h15-16H,3-14,18H2,1-2H3. The molecule has 0 aromatic heterocycles. The van der Waals surface area contributed by atoms with Crippen LogP contribution >= 0.6 is 0 Å². The maximum absolute atomic E-state index is 6.23. The molecule has 2 nitrogen and oxygen atoms in total. The molecule has 0 saturated heterocycles. The number of nitrogens with two attached hydrogens (primary N) is 1. The molecule has 0 heterocycles. The van der Waals surface area contributed by atoms with Crippen LogP contribution in [-0.2, 0) is 0 Å². The van der Waals surface area contributed by atoms with Gasteiger partial charge in [0.15, 0.2) is 0 Å². The van der Waals surface area contributed by atoms with Gasteiger partial charge in [0, 0.05) is 18.6 Å². The highest BCUT2D eigenvalue weighted by Crippen LogP contribution is 2.36. The SMILES string of the molecule is CCC1CCCC(CN)(N(C)CC2CCCC2)CC1. The second kappa shape index (κ2) is 7.08. The maximum atomic E-state index is 6.23. The van der Waals surface area contributed by atoms with Crippen molar-refractivity contribution < 1.29 is 0 Å². The smallest absolute Gasteiger partial charge is 0.0328 e. The molecule has 0 radical (unpaired) electrons. The van der Waals surface area contributed by atoms with Crippen LogP contribution in [0.15, 0.2) is 0 Å². The first-order valence-electron chi connectivity index (χ1n) is 8.61. The van der Waals surface area contributed by atoms with Crippen molar-refractivity contribution in [3.63, 3.8) is 0 Å². The molecule has 0 aliphatic heterocycles. The van der Waals surface area contributed by atoms with Crippen molar-refractivity contribution in [2.75, 3.05) is 20.1 Å². The topological polar surface area (TPSA) is 29.3 Å². The Hall–Kier alpha value is -0.0800. The summed E-state index contributed by atoms with van der Waals surface area (Å²) in [5.41, 5.74) is 6.54. The molecule has 2 fully saturated rings. The molecule has 0 aromatic carbocycles. The Morgan fingerprint density at radius 2 is 1.68 bits per heavy atom. The zero-order chi connectivity index (χ0) is 13.7. The minimum absolute atomic E-state index is 0.312. The molecule has 0 amide bonds. The van der Waals surface area contributed by atoms with Crippen molar-refractivity contribution in [3.05, 3.63) is 0 Å². The van der Waals surface area contributed by atoms with Gasteiger partial charge in [0.2, 0.25) is 0 Å². The summed E-state index contributed by atoms with van der Waals surface area (Å²) in [6.07, 6.45) is 14.0. The zero-order valence-electron chi connectivity index (χ0n) is 13.2. The minimum Gasteiger partial charge on any atom is -0.329 e. The molecular formula is C17H34N2. The van der Waals surface area contributed by atoms with Crippen LogP contribution in [0.2, 0.25) is 0 Å². The highest BCUT2D eigenvalue weighted by molar-refractivity contribution is 4.94. The largest absolute Gasteiger partial charge is 0.329 e. The quantitative estimate of drug-likeness (QED) is 0.767. The number of hydrogen-bond acceptors (Lipinski definition) is 2. The molecule has 2 aliphatic rings. The van der Waals surface area contributed by atoms with E-state index in [-0.39, 0.29) is 0 Å². The average molecular weight is 266 g/mol. The first-order chi connectivity index (χ1) is 9.20. The van der Waals surface area contributed by atoms with E-state index < -0.39 is 0 Å². The first kappa shape index (κ1) is 15.3. The van der Waals surface area contributed by atoms with E-state index in [4.69, 9.17) is 5.73 Å². The van der Waals surface area contributed by atoms with Crippen molar-refractivity contribution in [1.29, 1.82) is 0 Å². The highest BCUT2D eigenvalue weighted by atomic mass is 15.2. The van der Waals surface area contributed by atoms with Crippen molar-refractivity contribution in [2.24, 2.45) is 17.6 Å². The molecule has 2 aliphatic carbocycles. The van der Waals surface area contributed by atoms with Crippen LogP contribution in [-0.4, -0.2) is 30.6 Å². The lowest BCUT2D eigenvalue weighted by molar-refractivity contribution is 0.0887. The van der Waals surface area contributed by atoms with Crippen molar-refractivity contribution in [3.8, 4) is 0 Å².